The summed E-state index contributed by atoms with van der Waals surface area (Å²) in [5.41, 5.74) is 1.56. The average molecular weight is 358 g/mol. The second kappa shape index (κ2) is 5.88. The Bertz CT molecular complexity index is 482. The zero-order valence-corrected chi connectivity index (χ0v) is 14.3. The van der Waals surface area contributed by atoms with Crippen molar-refractivity contribution in [2.24, 2.45) is 5.41 Å². The Morgan fingerprint density at radius 3 is 2.70 bits per heavy atom. The number of benzene rings is 1. The summed E-state index contributed by atoms with van der Waals surface area (Å²) in [6.45, 7) is 2.13. The first kappa shape index (κ1) is 14.7. The van der Waals surface area contributed by atoms with Crippen LogP contribution in [0.1, 0.15) is 51.0 Å². The summed E-state index contributed by atoms with van der Waals surface area (Å²) in [5, 5.41) is 0.846. The van der Waals surface area contributed by atoms with E-state index in [-0.39, 0.29) is 0 Å². The van der Waals surface area contributed by atoms with Crippen molar-refractivity contribution in [1.82, 2.24) is 0 Å². The maximum absolute atomic E-state index is 6.32. The van der Waals surface area contributed by atoms with E-state index < -0.39 is 0 Å². The molecule has 110 valence electrons. The van der Waals surface area contributed by atoms with Gasteiger partial charge in [-0.25, -0.2) is 0 Å². The molecule has 0 N–H and O–H groups in total. The molecule has 1 aromatic rings. The third-order valence-electron chi connectivity index (χ3n) is 5.15. The smallest absolute Gasteiger partial charge is 0.120 e. The van der Waals surface area contributed by atoms with E-state index in [1.165, 1.54) is 37.7 Å². The Kier molecular flexibility index (Phi) is 4.33. The molecule has 2 saturated carbocycles. The van der Waals surface area contributed by atoms with E-state index in [4.69, 9.17) is 16.3 Å². The third kappa shape index (κ3) is 2.50. The molecular formula is C17H22BrClO. The van der Waals surface area contributed by atoms with Gasteiger partial charge in [-0.05, 0) is 49.4 Å². The molecular weight excluding hydrogens is 336 g/mol. The summed E-state index contributed by atoms with van der Waals surface area (Å²) in [7, 11) is 0. The predicted molar refractivity (Wildman–Crippen MR) is 88.1 cm³/mol. The Morgan fingerprint density at radius 2 is 2.05 bits per heavy atom. The molecule has 2 unspecified atom stereocenters. The topological polar surface area (TPSA) is 9.23 Å². The predicted octanol–water partition coefficient (Wildman–Crippen LogP) is 5.77. The lowest BCUT2D eigenvalue weighted by molar-refractivity contribution is -0.0601. The van der Waals surface area contributed by atoms with Crippen molar-refractivity contribution < 1.29 is 4.74 Å². The van der Waals surface area contributed by atoms with Crippen LogP contribution in [0.3, 0.4) is 0 Å². The number of hydrogen-bond acceptors (Lipinski definition) is 1. The monoisotopic (exact) mass is 356 g/mol. The molecule has 1 aromatic carbocycles. The highest BCUT2D eigenvalue weighted by Crippen LogP contribution is 2.56. The molecule has 0 amide bonds. The van der Waals surface area contributed by atoms with E-state index in [0.717, 1.165) is 23.6 Å². The maximum Gasteiger partial charge on any atom is 0.120 e. The third-order valence-corrected chi connectivity index (χ3v) is 6.80. The molecule has 0 aromatic heterocycles. The van der Waals surface area contributed by atoms with Gasteiger partial charge in [-0.3, -0.25) is 0 Å². The lowest BCUT2D eigenvalue weighted by atomic mass is 9.58. The normalized spacial score (nSPS) is 28.1. The van der Waals surface area contributed by atoms with Crippen molar-refractivity contribution in [2.75, 3.05) is 0 Å². The van der Waals surface area contributed by atoms with Gasteiger partial charge in [0.2, 0.25) is 0 Å². The Balaban J connectivity index is 1.74. The van der Waals surface area contributed by atoms with Gasteiger partial charge in [0.15, 0.2) is 0 Å². The van der Waals surface area contributed by atoms with Crippen molar-refractivity contribution in [3.8, 4) is 5.75 Å². The molecule has 1 spiro atoms. The van der Waals surface area contributed by atoms with Gasteiger partial charge in [-0.1, -0.05) is 53.7 Å². The molecule has 0 saturated heterocycles. The number of hydrogen-bond donors (Lipinski definition) is 0. The highest BCUT2D eigenvalue weighted by atomic mass is 79.9. The fraction of sp³-hybridized carbons (Fsp3) is 0.647. The van der Waals surface area contributed by atoms with E-state index in [1.54, 1.807) is 0 Å². The minimum absolute atomic E-state index is 0.373. The number of alkyl halides is 1. The van der Waals surface area contributed by atoms with Crippen molar-refractivity contribution in [3.63, 3.8) is 0 Å². The Morgan fingerprint density at radius 1 is 1.30 bits per heavy atom. The zero-order valence-electron chi connectivity index (χ0n) is 12.0. The van der Waals surface area contributed by atoms with Gasteiger partial charge in [-0.15, -0.1) is 0 Å². The van der Waals surface area contributed by atoms with Crippen molar-refractivity contribution >= 4 is 27.5 Å². The second-order valence-electron chi connectivity index (χ2n) is 6.21. The summed E-state index contributed by atoms with van der Waals surface area (Å²) in [5.74, 6) is 0.987. The highest BCUT2D eigenvalue weighted by Gasteiger charge is 2.55. The van der Waals surface area contributed by atoms with E-state index in [0.29, 0.717) is 16.3 Å². The van der Waals surface area contributed by atoms with Gasteiger partial charge in [0.1, 0.15) is 11.9 Å². The summed E-state index contributed by atoms with van der Waals surface area (Å²) in [6, 6.07) is 6.09. The van der Waals surface area contributed by atoms with Crippen molar-refractivity contribution in [2.45, 2.75) is 62.8 Å². The largest absolute Gasteiger partial charge is 0.490 e. The molecule has 2 fully saturated rings. The molecule has 0 aliphatic heterocycles. The first-order chi connectivity index (χ1) is 9.65. The SMILES string of the molecule is CCc1cc(OC2CC(Br)C23CCCCC3)ccc1Cl. The Hall–Kier alpha value is -0.210. The molecule has 1 nitrogen and oxygen atoms in total. The van der Waals surface area contributed by atoms with E-state index >= 15 is 0 Å². The highest BCUT2D eigenvalue weighted by molar-refractivity contribution is 9.09. The Labute approximate surface area is 135 Å². The van der Waals surface area contributed by atoms with Crippen LogP contribution in [0.4, 0.5) is 0 Å². The standard InChI is InChI=1S/C17H22BrClO/c1-2-12-10-13(6-7-14(12)19)20-16-11-15(18)17(16)8-4-3-5-9-17/h6-7,10,15-16H,2-5,8-9,11H2,1H3. The summed E-state index contributed by atoms with van der Waals surface area (Å²) < 4.78 is 6.32. The van der Waals surface area contributed by atoms with Crippen LogP contribution in [-0.2, 0) is 6.42 Å². The van der Waals surface area contributed by atoms with Crippen molar-refractivity contribution in [1.29, 1.82) is 0 Å². The zero-order chi connectivity index (χ0) is 14.2. The summed E-state index contributed by atoms with van der Waals surface area (Å²) in [4.78, 5) is 0.637. The van der Waals surface area contributed by atoms with Crippen LogP contribution in [0, 0.1) is 5.41 Å². The minimum Gasteiger partial charge on any atom is -0.490 e. The van der Waals surface area contributed by atoms with Crippen LogP contribution in [0.25, 0.3) is 0 Å². The van der Waals surface area contributed by atoms with Gasteiger partial charge < -0.3 is 4.74 Å². The summed E-state index contributed by atoms with van der Waals surface area (Å²) >= 11 is 10.1. The van der Waals surface area contributed by atoms with Gasteiger partial charge in [0, 0.05) is 15.3 Å². The number of ether oxygens (including phenoxy) is 1. The molecule has 3 rings (SSSR count). The summed E-state index contributed by atoms with van der Waals surface area (Å²) in [6.07, 6.45) is 9.15. The fourth-order valence-electron chi connectivity index (χ4n) is 3.77. The number of rotatable bonds is 3. The molecule has 2 atom stereocenters. The first-order valence-corrected chi connectivity index (χ1v) is 9.04. The van der Waals surface area contributed by atoms with Crippen LogP contribution in [0.5, 0.6) is 5.75 Å². The minimum atomic E-state index is 0.373. The lowest BCUT2D eigenvalue weighted by Gasteiger charge is -2.55. The van der Waals surface area contributed by atoms with Crippen LogP contribution in [0.2, 0.25) is 5.02 Å². The maximum atomic E-state index is 6.32. The van der Waals surface area contributed by atoms with Crippen LogP contribution in [0.15, 0.2) is 18.2 Å². The molecule has 0 bridgehead atoms. The van der Waals surface area contributed by atoms with E-state index in [9.17, 15) is 0 Å². The average Bonchev–Trinajstić information content (AvgIpc) is 2.49. The number of halogens is 2. The second-order valence-corrected chi connectivity index (χ2v) is 7.72. The van der Waals surface area contributed by atoms with Gasteiger partial charge in [0.25, 0.3) is 0 Å². The molecule has 0 heterocycles. The van der Waals surface area contributed by atoms with E-state index in [1.807, 2.05) is 12.1 Å². The van der Waals surface area contributed by atoms with Gasteiger partial charge in [-0.2, -0.15) is 0 Å². The van der Waals surface area contributed by atoms with Gasteiger partial charge >= 0.3 is 0 Å². The molecule has 2 aliphatic rings. The van der Waals surface area contributed by atoms with Crippen LogP contribution >= 0.6 is 27.5 Å². The van der Waals surface area contributed by atoms with Gasteiger partial charge in [0.05, 0.1) is 0 Å². The van der Waals surface area contributed by atoms with E-state index in [2.05, 4.69) is 28.9 Å². The molecule has 2 aliphatic carbocycles. The first-order valence-electron chi connectivity index (χ1n) is 7.75. The number of aryl methyl sites for hydroxylation is 1. The van der Waals surface area contributed by atoms with Crippen molar-refractivity contribution in [3.05, 3.63) is 28.8 Å². The lowest BCUT2D eigenvalue weighted by Crippen LogP contribution is -2.57. The fourth-order valence-corrected chi connectivity index (χ4v) is 5.11. The molecule has 0 radical (unpaired) electrons. The van der Waals surface area contributed by atoms with Crippen LogP contribution < -0.4 is 4.74 Å². The quantitative estimate of drug-likeness (QED) is 0.624. The molecule has 20 heavy (non-hydrogen) atoms. The van der Waals surface area contributed by atoms with Crippen LogP contribution in [-0.4, -0.2) is 10.9 Å². The molecule has 3 heteroatoms.